The number of anilines is 3. The smallest absolute Gasteiger partial charge is 0.136 e. The number of rotatable bonds is 5. The minimum Gasteiger partial charge on any atom is -0.456 e. The van der Waals surface area contributed by atoms with E-state index < -0.39 is 0 Å². The van der Waals surface area contributed by atoms with E-state index in [0.717, 1.165) is 50.1 Å². The Bertz CT molecular complexity index is 3120. The van der Waals surface area contributed by atoms with Gasteiger partial charge in [0.05, 0.1) is 11.4 Å². The Morgan fingerprint density at radius 3 is 1.85 bits per heavy atom. The number of fused-ring (bicyclic) bond motifs is 8. The number of para-hydroxylation sites is 1. The van der Waals surface area contributed by atoms with Gasteiger partial charge in [-0.2, -0.15) is 0 Å². The Hall–Kier alpha value is -6.90. The molecule has 0 radical (unpaired) electrons. The average molecular weight is 704 g/mol. The van der Waals surface area contributed by atoms with Crippen LogP contribution in [-0.4, -0.2) is 0 Å². The molecule has 55 heavy (non-hydrogen) atoms. The molecule has 0 unspecified atom stereocenters. The van der Waals surface area contributed by atoms with Gasteiger partial charge >= 0.3 is 0 Å². The fraction of sp³-hybridized carbons (Fsp3) is 0.0566. The second kappa shape index (κ2) is 12.1. The maximum absolute atomic E-state index is 6.41. The number of hydrogen-bond acceptors (Lipinski definition) is 2. The Balaban J connectivity index is 1.08. The van der Waals surface area contributed by atoms with Crippen LogP contribution in [0.2, 0.25) is 0 Å². The topological polar surface area (TPSA) is 16.4 Å². The molecule has 260 valence electrons. The normalized spacial score (nSPS) is 13.1. The minimum absolute atomic E-state index is 0.0936. The molecule has 1 heterocycles. The maximum atomic E-state index is 6.41. The van der Waals surface area contributed by atoms with Crippen molar-refractivity contribution in [3.63, 3.8) is 0 Å². The highest BCUT2D eigenvalue weighted by Crippen LogP contribution is 2.52. The Labute approximate surface area is 320 Å². The minimum atomic E-state index is -0.0936. The van der Waals surface area contributed by atoms with E-state index in [1.165, 1.54) is 54.9 Å². The quantitative estimate of drug-likeness (QED) is 0.177. The number of nitrogens with zero attached hydrogens (tertiary/aromatic N) is 1. The van der Waals surface area contributed by atoms with E-state index in [1.807, 2.05) is 0 Å². The summed E-state index contributed by atoms with van der Waals surface area (Å²) in [5.41, 5.74) is 15.3. The van der Waals surface area contributed by atoms with Crippen LogP contribution in [-0.2, 0) is 5.41 Å². The van der Waals surface area contributed by atoms with Crippen molar-refractivity contribution in [2.75, 3.05) is 4.90 Å². The highest BCUT2D eigenvalue weighted by atomic mass is 16.3. The van der Waals surface area contributed by atoms with Crippen LogP contribution in [0.4, 0.5) is 17.1 Å². The fourth-order valence-corrected chi connectivity index (χ4v) is 9.23. The summed E-state index contributed by atoms with van der Waals surface area (Å²) in [5, 5.41) is 7.05. The van der Waals surface area contributed by atoms with Gasteiger partial charge in [-0.05, 0) is 104 Å². The van der Waals surface area contributed by atoms with Gasteiger partial charge < -0.3 is 9.32 Å². The van der Waals surface area contributed by atoms with Crippen molar-refractivity contribution >= 4 is 60.5 Å². The lowest BCUT2D eigenvalue weighted by Crippen LogP contribution is -2.16. The van der Waals surface area contributed by atoms with Crippen molar-refractivity contribution < 1.29 is 4.42 Å². The Kier molecular flexibility index (Phi) is 6.93. The van der Waals surface area contributed by atoms with Gasteiger partial charge in [-0.3, -0.25) is 0 Å². The molecule has 0 saturated heterocycles. The van der Waals surface area contributed by atoms with E-state index in [2.05, 4.69) is 207 Å². The van der Waals surface area contributed by atoms with Crippen molar-refractivity contribution in [1.29, 1.82) is 0 Å². The van der Waals surface area contributed by atoms with Gasteiger partial charge in [-0.1, -0.05) is 153 Å². The van der Waals surface area contributed by atoms with Gasteiger partial charge in [0.1, 0.15) is 11.2 Å². The van der Waals surface area contributed by atoms with Gasteiger partial charge in [0.25, 0.3) is 0 Å². The molecule has 1 aliphatic carbocycles. The van der Waals surface area contributed by atoms with Gasteiger partial charge in [-0.25, -0.2) is 0 Å². The Morgan fingerprint density at radius 1 is 0.400 bits per heavy atom. The van der Waals surface area contributed by atoms with E-state index in [1.54, 1.807) is 0 Å². The summed E-state index contributed by atoms with van der Waals surface area (Å²) in [6, 6.07) is 68.5. The van der Waals surface area contributed by atoms with Gasteiger partial charge in [0.15, 0.2) is 0 Å². The molecule has 1 aliphatic rings. The van der Waals surface area contributed by atoms with E-state index in [4.69, 9.17) is 4.42 Å². The van der Waals surface area contributed by atoms with E-state index >= 15 is 0 Å². The first-order chi connectivity index (χ1) is 27.0. The summed E-state index contributed by atoms with van der Waals surface area (Å²) < 4.78 is 6.41. The molecule has 1 aromatic heterocycles. The second-order valence-electron chi connectivity index (χ2n) is 15.3. The highest BCUT2D eigenvalue weighted by molar-refractivity contribution is 6.11. The molecule has 0 amide bonds. The second-order valence-corrected chi connectivity index (χ2v) is 15.3. The third-order valence-corrected chi connectivity index (χ3v) is 11.8. The zero-order valence-electron chi connectivity index (χ0n) is 30.8. The summed E-state index contributed by atoms with van der Waals surface area (Å²) >= 11 is 0. The third kappa shape index (κ3) is 4.88. The van der Waals surface area contributed by atoms with Gasteiger partial charge in [0.2, 0.25) is 0 Å². The monoisotopic (exact) mass is 703 g/mol. The molecular formula is C53H37NO. The molecule has 11 rings (SSSR count). The third-order valence-electron chi connectivity index (χ3n) is 11.8. The summed E-state index contributed by atoms with van der Waals surface area (Å²) in [6.07, 6.45) is 0. The fourth-order valence-electron chi connectivity index (χ4n) is 9.23. The lowest BCUT2D eigenvalue weighted by Gasteiger charge is -2.29. The van der Waals surface area contributed by atoms with Crippen molar-refractivity contribution in [3.05, 3.63) is 199 Å². The molecule has 0 atom stereocenters. The molecule has 2 heteroatoms. The van der Waals surface area contributed by atoms with Gasteiger partial charge in [-0.15, -0.1) is 0 Å². The average Bonchev–Trinajstić information content (AvgIpc) is 3.71. The lowest BCUT2D eigenvalue weighted by molar-refractivity contribution is 0.662. The molecule has 0 aliphatic heterocycles. The van der Waals surface area contributed by atoms with E-state index in [-0.39, 0.29) is 5.41 Å². The summed E-state index contributed by atoms with van der Waals surface area (Å²) in [4.78, 5) is 2.43. The summed E-state index contributed by atoms with van der Waals surface area (Å²) in [5.74, 6) is 0. The zero-order valence-corrected chi connectivity index (χ0v) is 30.8. The largest absolute Gasteiger partial charge is 0.456 e. The van der Waals surface area contributed by atoms with Crippen LogP contribution in [0.15, 0.2) is 192 Å². The molecule has 9 aromatic carbocycles. The molecule has 10 aromatic rings. The standard InChI is InChI=1S/C53H37NO/c1-53(2)47-22-9-7-19-43(47)44-21-12-20-42(52(44)53)35-25-28-39(29-26-35)54(49-24-11-16-34-13-5-6-17-40(34)49)48-23-10-8-18-41(48)38-27-30-50-45(32-38)46-31-36-14-3-4-15-37(36)33-51(46)55-50/h3-33H,1-2H3. The lowest BCUT2D eigenvalue weighted by atomic mass is 9.79. The first-order valence-corrected chi connectivity index (χ1v) is 19.1. The SMILES string of the molecule is CC1(C)c2ccccc2-c2cccc(-c3ccc(N(c4ccccc4-c4ccc5oc6cc7ccccc7cc6c5c4)c4cccc5ccccc45)cc3)c21. The van der Waals surface area contributed by atoms with Crippen LogP contribution in [0, 0.1) is 0 Å². The van der Waals surface area contributed by atoms with Crippen LogP contribution in [0.5, 0.6) is 0 Å². The molecule has 0 N–H and O–H groups in total. The number of hydrogen-bond donors (Lipinski definition) is 0. The first-order valence-electron chi connectivity index (χ1n) is 19.1. The van der Waals surface area contributed by atoms with Crippen molar-refractivity contribution in [2.45, 2.75) is 19.3 Å². The number of furan rings is 1. The van der Waals surface area contributed by atoms with E-state index in [9.17, 15) is 0 Å². The van der Waals surface area contributed by atoms with Crippen LogP contribution in [0.3, 0.4) is 0 Å². The van der Waals surface area contributed by atoms with Crippen LogP contribution in [0.1, 0.15) is 25.0 Å². The Morgan fingerprint density at radius 2 is 1.00 bits per heavy atom. The number of benzene rings is 9. The van der Waals surface area contributed by atoms with Crippen molar-refractivity contribution in [2.24, 2.45) is 0 Å². The molecular weight excluding hydrogens is 667 g/mol. The highest BCUT2D eigenvalue weighted by Gasteiger charge is 2.37. The van der Waals surface area contributed by atoms with Crippen LogP contribution < -0.4 is 4.90 Å². The van der Waals surface area contributed by atoms with Crippen molar-refractivity contribution in [1.82, 2.24) is 0 Å². The molecule has 0 spiro atoms. The summed E-state index contributed by atoms with van der Waals surface area (Å²) in [6.45, 7) is 4.72. The predicted octanol–water partition coefficient (Wildman–Crippen LogP) is 15.0. The molecule has 0 saturated carbocycles. The molecule has 0 fully saturated rings. The van der Waals surface area contributed by atoms with Crippen LogP contribution >= 0.6 is 0 Å². The zero-order chi connectivity index (χ0) is 36.7. The maximum Gasteiger partial charge on any atom is 0.136 e. The molecule has 0 bridgehead atoms. The van der Waals surface area contributed by atoms with Crippen molar-refractivity contribution in [3.8, 4) is 33.4 Å². The molecule has 2 nitrogen and oxygen atoms in total. The van der Waals surface area contributed by atoms with E-state index in [0.29, 0.717) is 0 Å². The van der Waals surface area contributed by atoms with Gasteiger partial charge in [0, 0.05) is 32.8 Å². The van der Waals surface area contributed by atoms with Crippen LogP contribution in [0.25, 0.3) is 76.9 Å². The summed E-state index contributed by atoms with van der Waals surface area (Å²) in [7, 11) is 0. The first kappa shape index (κ1) is 31.6. The predicted molar refractivity (Wildman–Crippen MR) is 232 cm³/mol.